The van der Waals surface area contributed by atoms with E-state index in [1.165, 1.54) is 16.7 Å². The molecule has 1 amide bonds. The molecular weight excluding hydrogens is 398 g/mol. The number of benzene rings is 3. The molecule has 0 atom stereocenters. The number of methoxy groups -OCH3 is 1. The van der Waals surface area contributed by atoms with Crippen molar-refractivity contribution in [1.29, 1.82) is 0 Å². The molecule has 0 spiro atoms. The maximum Gasteiger partial charge on any atom is 0.270 e. The summed E-state index contributed by atoms with van der Waals surface area (Å²) in [5.74, 6) is 0.545. The van der Waals surface area contributed by atoms with Gasteiger partial charge in [-0.25, -0.2) is 0 Å². The van der Waals surface area contributed by atoms with Crippen molar-refractivity contribution in [2.75, 3.05) is 12.0 Å². The zero-order chi connectivity index (χ0) is 19.0. The minimum atomic E-state index is -0.165. The second-order valence-electron chi connectivity index (χ2n) is 5.90. The second kappa shape index (κ2) is 7.35. The Bertz CT molecular complexity index is 1110. The van der Waals surface area contributed by atoms with Gasteiger partial charge in [0.25, 0.3) is 5.91 Å². The van der Waals surface area contributed by atoms with Gasteiger partial charge in [0.1, 0.15) is 5.75 Å². The van der Waals surface area contributed by atoms with Crippen molar-refractivity contribution in [1.82, 2.24) is 0 Å². The first-order chi connectivity index (χ1) is 13.1. The van der Waals surface area contributed by atoms with Crippen molar-refractivity contribution in [3.8, 4) is 5.75 Å². The van der Waals surface area contributed by atoms with Crippen LogP contribution in [0.3, 0.4) is 0 Å². The molecule has 0 aliphatic carbocycles. The van der Waals surface area contributed by atoms with Gasteiger partial charge in [0, 0.05) is 10.6 Å². The highest BCUT2D eigenvalue weighted by molar-refractivity contribution is 8.27. The van der Waals surface area contributed by atoms with E-state index in [-0.39, 0.29) is 5.91 Å². The summed E-state index contributed by atoms with van der Waals surface area (Å²) in [4.78, 5) is 15.1. The van der Waals surface area contributed by atoms with Crippen LogP contribution in [0.1, 0.15) is 5.56 Å². The molecule has 27 heavy (non-hydrogen) atoms. The van der Waals surface area contributed by atoms with Crippen LogP contribution in [0.5, 0.6) is 5.75 Å². The Labute approximate surface area is 171 Å². The Balaban J connectivity index is 1.81. The van der Waals surface area contributed by atoms with Crippen molar-refractivity contribution in [3.63, 3.8) is 0 Å². The first kappa shape index (κ1) is 18.0. The van der Waals surface area contributed by atoms with E-state index in [9.17, 15) is 4.79 Å². The van der Waals surface area contributed by atoms with Crippen LogP contribution in [0, 0.1) is 0 Å². The molecule has 3 aromatic carbocycles. The average Bonchev–Trinajstić information content (AvgIpc) is 2.95. The van der Waals surface area contributed by atoms with Crippen LogP contribution in [-0.4, -0.2) is 17.3 Å². The Morgan fingerprint density at radius 1 is 1.11 bits per heavy atom. The van der Waals surface area contributed by atoms with Crippen LogP contribution in [0.25, 0.3) is 16.8 Å². The molecule has 0 radical (unpaired) electrons. The van der Waals surface area contributed by atoms with E-state index in [0.717, 1.165) is 16.3 Å². The summed E-state index contributed by atoms with van der Waals surface area (Å²) < 4.78 is 6.00. The van der Waals surface area contributed by atoms with Gasteiger partial charge in [0.15, 0.2) is 4.32 Å². The lowest BCUT2D eigenvalue weighted by molar-refractivity contribution is -0.113. The molecular formula is C21H14ClNO2S2. The number of hydrogen-bond acceptors (Lipinski definition) is 4. The fraction of sp³-hybridized carbons (Fsp3) is 0.0476. The zero-order valence-electron chi connectivity index (χ0n) is 14.3. The van der Waals surface area contributed by atoms with Crippen LogP contribution >= 0.6 is 35.6 Å². The van der Waals surface area contributed by atoms with Crippen LogP contribution in [0.2, 0.25) is 5.02 Å². The Kier molecular flexibility index (Phi) is 4.91. The maximum atomic E-state index is 13.0. The van der Waals surface area contributed by atoms with Crippen LogP contribution in [0.15, 0.2) is 65.6 Å². The Hall–Kier alpha value is -2.34. The summed E-state index contributed by atoms with van der Waals surface area (Å²) in [6.45, 7) is 0. The number of rotatable bonds is 3. The highest BCUT2D eigenvalue weighted by Gasteiger charge is 2.33. The number of halogens is 1. The fourth-order valence-electron chi connectivity index (χ4n) is 3.04. The molecule has 1 aliphatic rings. The highest BCUT2D eigenvalue weighted by Crippen LogP contribution is 2.39. The standard InChI is InChI=1S/C21H14ClNO2S2/c1-25-18-10-9-13-5-2-3-8-16(13)17(18)12-19-20(24)23(21(26)27-19)15-7-4-6-14(22)11-15/h2-12H,1H3. The van der Waals surface area contributed by atoms with Crippen molar-refractivity contribution in [3.05, 3.63) is 76.2 Å². The first-order valence-electron chi connectivity index (χ1n) is 8.18. The van der Waals surface area contributed by atoms with Crippen molar-refractivity contribution in [2.45, 2.75) is 0 Å². The number of amides is 1. The summed E-state index contributed by atoms with van der Waals surface area (Å²) in [5, 5.41) is 2.65. The number of ether oxygens (including phenoxy) is 1. The normalized spacial score (nSPS) is 15.8. The number of carbonyl (C=O) groups is 1. The van der Waals surface area contributed by atoms with E-state index in [4.69, 9.17) is 28.6 Å². The molecule has 1 fully saturated rings. The molecule has 6 heteroatoms. The van der Waals surface area contributed by atoms with Gasteiger partial charge in [-0.05, 0) is 41.1 Å². The van der Waals surface area contributed by atoms with E-state index in [1.807, 2.05) is 48.5 Å². The van der Waals surface area contributed by atoms with Gasteiger partial charge in [-0.2, -0.15) is 0 Å². The number of hydrogen-bond donors (Lipinski definition) is 0. The van der Waals surface area contributed by atoms with Gasteiger partial charge in [-0.15, -0.1) is 0 Å². The van der Waals surface area contributed by atoms with Gasteiger partial charge < -0.3 is 4.74 Å². The van der Waals surface area contributed by atoms with Gasteiger partial charge in [0.2, 0.25) is 0 Å². The van der Waals surface area contributed by atoms with E-state index < -0.39 is 0 Å². The van der Waals surface area contributed by atoms with Crippen LogP contribution in [-0.2, 0) is 4.79 Å². The second-order valence-corrected chi connectivity index (χ2v) is 8.01. The Morgan fingerprint density at radius 3 is 2.70 bits per heavy atom. The molecule has 1 heterocycles. The third-order valence-corrected chi connectivity index (χ3v) is 5.82. The molecule has 0 N–H and O–H groups in total. The third-order valence-electron chi connectivity index (χ3n) is 4.29. The summed E-state index contributed by atoms with van der Waals surface area (Å²) in [5.41, 5.74) is 1.53. The van der Waals surface area contributed by atoms with Gasteiger partial charge in [-0.1, -0.05) is 72.0 Å². The minimum absolute atomic E-state index is 0.165. The number of thiocarbonyl (C=S) groups is 1. The van der Waals surface area contributed by atoms with E-state index in [2.05, 4.69) is 0 Å². The number of thioether (sulfide) groups is 1. The molecule has 3 nitrogen and oxygen atoms in total. The van der Waals surface area contributed by atoms with E-state index >= 15 is 0 Å². The molecule has 1 saturated heterocycles. The van der Waals surface area contributed by atoms with Crippen molar-refractivity contribution < 1.29 is 9.53 Å². The topological polar surface area (TPSA) is 29.5 Å². The summed E-state index contributed by atoms with van der Waals surface area (Å²) >= 11 is 12.8. The predicted molar refractivity (Wildman–Crippen MR) is 118 cm³/mol. The maximum absolute atomic E-state index is 13.0. The molecule has 0 saturated carbocycles. The smallest absolute Gasteiger partial charge is 0.270 e. The van der Waals surface area contributed by atoms with E-state index in [1.54, 1.807) is 25.3 Å². The molecule has 134 valence electrons. The van der Waals surface area contributed by atoms with E-state index in [0.29, 0.717) is 25.7 Å². The zero-order valence-corrected chi connectivity index (χ0v) is 16.7. The highest BCUT2D eigenvalue weighted by atomic mass is 35.5. The number of fused-ring (bicyclic) bond motifs is 1. The summed E-state index contributed by atoms with van der Waals surface area (Å²) in [6, 6.07) is 19.0. The lowest BCUT2D eigenvalue weighted by Crippen LogP contribution is -2.27. The molecule has 3 aromatic rings. The molecule has 4 rings (SSSR count). The largest absolute Gasteiger partial charge is 0.496 e. The summed E-state index contributed by atoms with van der Waals surface area (Å²) in [6.07, 6.45) is 1.85. The third kappa shape index (κ3) is 3.34. The number of nitrogens with zero attached hydrogens (tertiary/aromatic N) is 1. The SMILES string of the molecule is COc1ccc2ccccc2c1C=C1SC(=S)N(c2cccc(Cl)c2)C1=O. The molecule has 0 aromatic heterocycles. The lowest BCUT2D eigenvalue weighted by Gasteiger charge is -2.14. The number of carbonyl (C=O) groups excluding carboxylic acids is 1. The van der Waals surface area contributed by atoms with Crippen LogP contribution < -0.4 is 9.64 Å². The monoisotopic (exact) mass is 411 g/mol. The van der Waals surface area contributed by atoms with Gasteiger partial charge in [0.05, 0.1) is 17.7 Å². The first-order valence-corrected chi connectivity index (χ1v) is 9.78. The lowest BCUT2D eigenvalue weighted by atomic mass is 10.0. The molecule has 1 aliphatic heterocycles. The van der Waals surface area contributed by atoms with Crippen LogP contribution in [0.4, 0.5) is 5.69 Å². The predicted octanol–water partition coefficient (Wildman–Crippen LogP) is 5.91. The molecule has 0 unspecified atom stereocenters. The average molecular weight is 412 g/mol. The minimum Gasteiger partial charge on any atom is -0.496 e. The fourth-order valence-corrected chi connectivity index (χ4v) is 4.50. The van der Waals surface area contributed by atoms with Crippen molar-refractivity contribution in [2.24, 2.45) is 0 Å². The Morgan fingerprint density at radius 2 is 1.93 bits per heavy atom. The quantitative estimate of drug-likeness (QED) is 0.396. The van der Waals surface area contributed by atoms with Gasteiger partial charge >= 0.3 is 0 Å². The molecule has 0 bridgehead atoms. The number of anilines is 1. The summed E-state index contributed by atoms with van der Waals surface area (Å²) in [7, 11) is 1.62. The van der Waals surface area contributed by atoms with Gasteiger partial charge in [-0.3, -0.25) is 9.69 Å². The van der Waals surface area contributed by atoms with Crippen molar-refractivity contribution >= 4 is 68.3 Å².